The van der Waals surface area contributed by atoms with Gasteiger partial charge in [0.05, 0.1) is 10.5 Å². The van der Waals surface area contributed by atoms with Crippen LogP contribution in [0, 0.1) is 23.5 Å². The minimum Gasteiger partial charge on any atom is -0.455 e. The van der Waals surface area contributed by atoms with E-state index in [0.29, 0.717) is 27.9 Å². The van der Waals surface area contributed by atoms with Gasteiger partial charge in [0, 0.05) is 29.4 Å². The standard InChI is InChI=1S/C19H8F2N2O3S/c20-14-4-2-10(5-15(14)21)1-3-11-8-22-9-12-6-13(26-17(11)12)7-16-18(24)23-19(25)27-16/h2,4-9H,(H,23,24,25)/b16-7+. The van der Waals surface area contributed by atoms with E-state index in [1.807, 2.05) is 0 Å². The largest absolute Gasteiger partial charge is 0.455 e. The van der Waals surface area contributed by atoms with Crippen molar-refractivity contribution < 1.29 is 22.8 Å². The van der Waals surface area contributed by atoms with Crippen molar-refractivity contribution in [2.75, 3.05) is 0 Å². The van der Waals surface area contributed by atoms with E-state index in [-0.39, 0.29) is 4.91 Å². The summed E-state index contributed by atoms with van der Waals surface area (Å²) in [5.41, 5.74) is 1.18. The second-order valence-electron chi connectivity index (χ2n) is 5.49. The van der Waals surface area contributed by atoms with Gasteiger partial charge in [0.1, 0.15) is 5.76 Å². The van der Waals surface area contributed by atoms with Gasteiger partial charge in [-0.1, -0.05) is 11.8 Å². The number of fused-ring (bicyclic) bond motifs is 1. The fourth-order valence-corrected chi connectivity index (χ4v) is 3.07. The summed E-state index contributed by atoms with van der Waals surface area (Å²) >= 11 is 0.784. The highest BCUT2D eigenvalue weighted by Gasteiger charge is 2.25. The Morgan fingerprint density at radius 1 is 1.11 bits per heavy atom. The Balaban J connectivity index is 1.71. The lowest BCUT2D eigenvalue weighted by Gasteiger charge is -1.94. The number of carbonyl (C=O) groups is 2. The number of furan rings is 1. The van der Waals surface area contributed by atoms with Gasteiger partial charge in [-0.05, 0) is 36.0 Å². The molecule has 0 saturated carbocycles. The molecular weight excluding hydrogens is 374 g/mol. The zero-order valence-corrected chi connectivity index (χ0v) is 14.2. The minimum atomic E-state index is -0.980. The van der Waals surface area contributed by atoms with Gasteiger partial charge in [0.2, 0.25) is 0 Å². The minimum absolute atomic E-state index is 0.224. The van der Waals surface area contributed by atoms with E-state index in [1.54, 1.807) is 12.3 Å². The maximum absolute atomic E-state index is 13.3. The molecule has 0 unspecified atom stereocenters. The highest BCUT2D eigenvalue weighted by molar-refractivity contribution is 8.18. The van der Waals surface area contributed by atoms with Gasteiger partial charge in [0.15, 0.2) is 17.2 Å². The normalized spacial score (nSPS) is 15.1. The molecule has 1 aliphatic rings. The van der Waals surface area contributed by atoms with Crippen LogP contribution in [0.2, 0.25) is 0 Å². The molecule has 1 fully saturated rings. The summed E-state index contributed by atoms with van der Waals surface area (Å²) in [6.07, 6.45) is 4.50. The molecule has 0 spiro atoms. The first-order valence-electron chi connectivity index (χ1n) is 7.59. The van der Waals surface area contributed by atoms with Gasteiger partial charge in [-0.25, -0.2) is 8.78 Å². The summed E-state index contributed by atoms with van der Waals surface area (Å²) in [6, 6.07) is 5.03. The first-order chi connectivity index (χ1) is 13.0. The smallest absolute Gasteiger partial charge is 0.290 e. The number of nitrogens with zero attached hydrogens (tertiary/aromatic N) is 1. The Hall–Kier alpha value is -3.44. The number of rotatable bonds is 1. The topological polar surface area (TPSA) is 72.2 Å². The van der Waals surface area contributed by atoms with E-state index in [2.05, 4.69) is 22.1 Å². The number of halogens is 2. The summed E-state index contributed by atoms with van der Waals surface area (Å²) in [7, 11) is 0. The average Bonchev–Trinajstić information content (AvgIpc) is 3.18. The molecule has 3 heterocycles. The van der Waals surface area contributed by atoms with Crippen molar-refractivity contribution >= 4 is 40.0 Å². The van der Waals surface area contributed by atoms with E-state index in [0.717, 1.165) is 23.9 Å². The summed E-state index contributed by atoms with van der Waals surface area (Å²) in [6.45, 7) is 0. The average molecular weight is 382 g/mol. The number of hydrogen-bond acceptors (Lipinski definition) is 5. The SMILES string of the molecule is O=C1NC(=O)/C(=C\c2cc3cncc(C#Cc4ccc(F)c(F)c4)c3o2)S1. The third-order valence-electron chi connectivity index (χ3n) is 3.62. The van der Waals surface area contributed by atoms with Gasteiger partial charge in [-0.15, -0.1) is 0 Å². The quantitative estimate of drug-likeness (QED) is 0.512. The first-order valence-corrected chi connectivity index (χ1v) is 8.41. The first kappa shape index (κ1) is 17.0. The summed E-state index contributed by atoms with van der Waals surface area (Å²) in [4.78, 5) is 27.2. The summed E-state index contributed by atoms with van der Waals surface area (Å²) in [5, 5.41) is 2.37. The zero-order valence-electron chi connectivity index (χ0n) is 13.4. The number of hydrogen-bond donors (Lipinski definition) is 1. The molecule has 2 amide bonds. The van der Waals surface area contributed by atoms with E-state index in [9.17, 15) is 18.4 Å². The van der Waals surface area contributed by atoms with Crippen LogP contribution in [0.3, 0.4) is 0 Å². The molecule has 4 rings (SSSR count). The lowest BCUT2D eigenvalue weighted by Crippen LogP contribution is -2.17. The second kappa shape index (κ2) is 6.70. The number of carbonyl (C=O) groups excluding carboxylic acids is 2. The lowest BCUT2D eigenvalue weighted by molar-refractivity contribution is -0.115. The van der Waals surface area contributed by atoms with Gasteiger partial charge in [-0.2, -0.15) is 0 Å². The van der Waals surface area contributed by atoms with Crippen molar-refractivity contribution in [1.82, 2.24) is 10.3 Å². The third kappa shape index (κ3) is 3.45. The molecule has 3 aromatic rings. The Morgan fingerprint density at radius 2 is 1.96 bits per heavy atom. The third-order valence-corrected chi connectivity index (χ3v) is 4.43. The van der Waals surface area contributed by atoms with Crippen LogP contribution < -0.4 is 5.32 Å². The molecule has 1 saturated heterocycles. The molecule has 1 N–H and O–H groups in total. The molecule has 0 atom stereocenters. The maximum Gasteiger partial charge on any atom is 0.290 e. The van der Waals surface area contributed by atoms with Crippen LogP contribution in [0.5, 0.6) is 0 Å². The van der Waals surface area contributed by atoms with Crippen LogP contribution in [0.4, 0.5) is 13.6 Å². The highest BCUT2D eigenvalue weighted by atomic mass is 32.2. The number of aromatic nitrogens is 1. The van der Waals surface area contributed by atoms with Crippen LogP contribution in [0.15, 0.2) is 46.0 Å². The molecule has 27 heavy (non-hydrogen) atoms. The predicted molar refractivity (Wildman–Crippen MR) is 95.5 cm³/mol. The van der Waals surface area contributed by atoms with Crippen molar-refractivity contribution in [3.8, 4) is 11.8 Å². The second-order valence-corrected chi connectivity index (χ2v) is 6.50. The summed E-state index contributed by atoms with van der Waals surface area (Å²) < 4.78 is 32.0. The van der Waals surface area contributed by atoms with Crippen LogP contribution in [0.25, 0.3) is 17.0 Å². The lowest BCUT2D eigenvalue weighted by atomic mass is 10.2. The van der Waals surface area contributed by atoms with Crippen molar-refractivity contribution in [2.24, 2.45) is 0 Å². The van der Waals surface area contributed by atoms with Crippen LogP contribution in [-0.4, -0.2) is 16.1 Å². The van der Waals surface area contributed by atoms with Gasteiger partial charge in [0.25, 0.3) is 11.1 Å². The Labute approximate surface area is 155 Å². The molecule has 5 nitrogen and oxygen atoms in total. The van der Waals surface area contributed by atoms with Crippen molar-refractivity contribution in [1.29, 1.82) is 0 Å². The molecule has 2 aromatic heterocycles. The number of pyridine rings is 1. The van der Waals surface area contributed by atoms with Gasteiger partial charge >= 0.3 is 0 Å². The fraction of sp³-hybridized carbons (Fsp3) is 0. The fourth-order valence-electron chi connectivity index (χ4n) is 2.41. The Kier molecular flexibility index (Phi) is 4.22. The number of imide groups is 1. The van der Waals surface area contributed by atoms with Crippen molar-refractivity contribution in [3.63, 3.8) is 0 Å². The Bertz CT molecular complexity index is 1200. The molecule has 8 heteroatoms. The number of nitrogens with one attached hydrogen (secondary N) is 1. The van der Waals surface area contributed by atoms with Crippen molar-refractivity contribution in [2.45, 2.75) is 0 Å². The number of thioether (sulfide) groups is 1. The van der Waals surface area contributed by atoms with Gasteiger partial charge in [-0.3, -0.25) is 19.9 Å². The molecule has 1 aliphatic heterocycles. The molecule has 0 aliphatic carbocycles. The van der Waals surface area contributed by atoms with E-state index in [4.69, 9.17) is 4.42 Å². The van der Waals surface area contributed by atoms with Crippen molar-refractivity contribution in [3.05, 3.63) is 70.1 Å². The van der Waals surface area contributed by atoms with Crippen LogP contribution >= 0.6 is 11.8 Å². The van der Waals surface area contributed by atoms with E-state index < -0.39 is 22.8 Å². The highest BCUT2D eigenvalue weighted by Crippen LogP contribution is 2.28. The summed E-state index contributed by atoms with van der Waals surface area (Å²) in [5.74, 6) is 3.50. The Morgan fingerprint density at radius 3 is 2.70 bits per heavy atom. The van der Waals surface area contributed by atoms with Crippen LogP contribution in [-0.2, 0) is 4.79 Å². The van der Waals surface area contributed by atoms with E-state index >= 15 is 0 Å². The number of benzene rings is 1. The van der Waals surface area contributed by atoms with Crippen LogP contribution in [0.1, 0.15) is 16.9 Å². The van der Waals surface area contributed by atoms with Gasteiger partial charge < -0.3 is 4.42 Å². The zero-order chi connectivity index (χ0) is 19.0. The molecule has 0 bridgehead atoms. The van der Waals surface area contributed by atoms with E-state index in [1.165, 1.54) is 18.3 Å². The maximum atomic E-state index is 13.3. The number of amides is 2. The monoisotopic (exact) mass is 382 g/mol. The predicted octanol–water partition coefficient (Wildman–Crippen LogP) is 3.83. The molecular formula is C19H8F2N2O3S. The molecule has 1 aromatic carbocycles. The molecule has 132 valence electrons. The molecule has 0 radical (unpaired) electrons.